The summed E-state index contributed by atoms with van der Waals surface area (Å²) in [5.41, 5.74) is 3.84. The van der Waals surface area contributed by atoms with Gasteiger partial charge in [0.15, 0.2) is 5.69 Å². The normalized spacial score (nSPS) is 18.5. The van der Waals surface area contributed by atoms with E-state index in [2.05, 4.69) is 21.2 Å². The van der Waals surface area contributed by atoms with Gasteiger partial charge in [0.25, 0.3) is 11.8 Å². The van der Waals surface area contributed by atoms with Gasteiger partial charge in [-0.25, -0.2) is 4.98 Å². The largest absolute Gasteiger partial charge is 0.329 e. The molecule has 0 aliphatic carbocycles. The summed E-state index contributed by atoms with van der Waals surface area (Å²) in [6.07, 6.45) is 3.70. The maximum atomic E-state index is 13.1. The van der Waals surface area contributed by atoms with Crippen molar-refractivity contribution in [2.75, 3.05) is 18.0 Å². The van der Waals surface area contributed by atoms with E-state index < -0.39 is 0 Å². The number of piperidine rings is 1. The smallest absolute Gasteiger partial charge is 0.278 e. The Balaban J connectivity index is 1.38. The number of amides is 2. The molecule has 1 saturated heterocycles. The van der Waals surface area contributed by atoms with Gasteiger partial charge in [-0.3, -0.25) is 14.7 Å². The van der Waals surface area contributed by atoms with Crippen LogP contribution in [0.5, 0.6) is 0 Å². The molecule has 1 fully saturated rings. The summed E-state index contributed by atoms with van der Waals surface area (Å²) in [6.45, 7) is 3.25. The van der Waals surface area contributed by atoms with Gasteiger partial charge in [0.2, 0.25) is 0 Å². The van der Waals surface area contributed by atoms with Crippen LogP contribution in [0.2, 0.25) is 0 Å². The van der Waals surface area contributed by atoms with Crippen LogP contribution in [-0.4, -0.2) is 45.0 Å². The number of rotatable bonds is 3. The number of carbonyl (C=O) groups excluding carboxylic acids is 2. The van der Waals surface area contributed by atoms with E-state index in [0.717, 1.165) is 42.1 Å². The van der Waals surface area contributed by atoms with Crippen LogP contribution in [-0.2, 0) is 6.42 Å². The average Bonchev–Trinajstić information content (AvgIpc) is 3.52. The Morgan fingerprint density at radius 1 is 1.13 bits per heavy atom. The maximum Gasteiger partial charge on any atom is 0.278 e. The molecular formula is C22H23N5O2S. The Hall–Kier alpha value is -3.00. The molecule has 8 heteroatoms. The van der Waals surface area contributed by atoms with Crippen LogP contribution in [0.4, 0.5) is 5.69 Å². The minimum Gasteiger partial charge on any atom is -0.329 e. The summed E-state index contributed by atoms with van der Waals surface area (Å²) in [5, 5.41) is 10.0. The number of aromatic amines is 1. The molecule has 0 radical (unpaired) electrons. The highest BCUT2D eigenvalue weighted by Gasteiger charge is 2.33. The number of carbonyl (C=O) groups is 2. The Morgan fingerprint density at radius 2 is 2.00 bits per heavy atom. The van der Waals surface area contributed by atoms with Gasteiger partial charge in [-0.05, 0) is 50.3 Å². The van der Waals surface area contributed by atoms with Crippen molar-refractivity contribution in [1.29, 1.82) is 0 Å². The molecule has 7 nitrogen and oxygen atoms in total. The van der Waals surface area contributed by atoms with Gasteiger partial charge >= 0.3 is 0 Å². The Labute approximate surface area is 178 Å². The molecule has 0 spiro atoms. The third-order valence-electron chi connectivity index (χ3n) is 5.91. The van der Waals surface area contributed by atoms with Crippen LogP contribution >= 0.6 is 11.3 Å². The summed E-state index contributed by atoms with van der Waals surface area (Å²) in [5.74, 6) is -0.161. The zero-order valence-electron chi connectivity index (χ0n) is 16.8. The zero-order chi connectivity index (χ0) is 20.7. The molecule has 2 aromatic heterocycles. The summed E-state index contributed by atoms with van der Waals surface area (Å²) in [6, 6.07) is 9.68. The molecule has 30 heavy (non-hydrogen) atoms. The predicted octanol–water partition coefficient (Wildman–Crippen LogP) is 3.74. The number of nitrogens with one attached hydrogen (secondary N) is 1. The minimum atomic E-state index is -0.117. The Kier molecular flexibility index (Phi) is 4.86. The van der Waals surface area contributed by atoms with E-state index in [0.29, 0.717) is 24.5 Å². The van der Waals surface area contributed by atoms with Crippen molar-refractivity contribution in [3.05, 3.63) is 63.4 Å². The first-order chi connectivity index (χ1) is 14.6. The van der Waals surface area contributed by atoms with E-state index in [4.69, 9.17) is 0 Å². The van der Waals surface area contributed by atoms with Crippen molar-refractivity contribution in [2.45, 2.75) is 38.6 Å². The lowest BCUT2D eigenvalue weighted by Crippen LogP contribution is -2.38. The number of para-hydroxylation sites is 1. The number of aryl methyl sites for hydroxylation is 1. The monoisotopic (exact) mass is 421 g/mol. The molecule has 154 valence electrons. The topological polar surface area (TPSA) is 82.2 Å². The fourth-order valence-electron chi connectivity index (χ4n) is 4.41. The molecule has 5 rings (SSSR count). The van der Waals surface area contributed by atoms with Crippen LogP contribution in [0.3, 0.4) is 0 Å². The van der Waals surface area contributed by atoms with Gasteiger partial charge in [-0.15, -0.1) is 11.3 Å². The lowest BCUT2D eigenvalue weighted by molar-refractivity contribution is 0.0600. The third kappa shape index (κ3) is 3.31. The van der Waals surface area contributed by atoms with E-state index in [1.165, 1.54) is 16.9 Å². The molecule has 1 atom stereocenters. The van der Waals surface area contributed by atoms with E-state index in [9.17, 15) is 9.59 Å². The van der Waals surface area contributed by atoms with Crippen molar-refractivity contribution >= 4 is 28.8 Å². The fraction of sp³-hybridized carbons (Fsp3) is 0.364. The number of benzene rings is 1. The predicted molar refractivity (Wildman–Crippen MR) is 115 cm³/mol. The first kappa shape index (κ1) is 19.0. The summed E-state index contributed by atoms with van der Waals surface area (Å²) >= 11 is 1.48. The van der Waals surface area contributed by atoms with Crippen molar-refractivity contribution in [3.63, 3.8) is 0 Å². The SMILES string of the molecule is Cc1nc(C(=O)N2CCCCC2c2cc(C(=O)N3CCc4ccccc43)n[nH]2)cs1. The van der Waals surface area contributed by atoms with Gasteiger partial charge in [0, 0.05) is 24.2 Å². The number of hydrogen-bond donors (Lipinski definition) is 1. The van der Waals surface area contributed by atoms with Crippen LogP contribution in [0, 0.1) is 6.92 Å². The minimum absolute atomic E-state index is 0.0556. The summed E-state index contributed by atoms with van der Waals surface area (Å²) in [4.78, 5) is 34.2. The van der Waals surface area contributed by atoms with Crippen LogP contribution in [0.15, 0.2) is 35.7 Å². The molecule has 2 amide bonds. The second-order valence-corrected chi connectivity index (χ2v) is 8.87. The third-order valence-corrected chi connectivity index (χ3v) is 6.68. The van der Waals surface area contributed by atoms with Crippen molar-refractivity contribution in [2.24, 2.45) is 0 Å². The van der Waals surface area contributed by atoms with Crippen molar-refractivity contribution in [1.82, 2.24) is 20.1 Å². The molecule has 2 aliphatic heterocycles. The molecule has 1 aromatic carbocycles. The summed E-state index contributed by atoms with van der Waals surface area (Å²) in [7, 11) is 0. The second kappa shape index (κ2) is 7.68. The van der Waals surface area contributed by atoms with Gasteiger partial charge in [-0.1, -0.05) is 18.2 Å². The quantitative estimate of drug-likeness (QED) is 0.698. The molecule has 4 heterocycles. The first-order valence-electron chi connectivity index (χ1n) is 10.3. The van der Waals surface area contributed by atoms with Gasteiger partial charge in [0.05, 0.1) is 16.7 Å². The molecule has 1 N–H and O–H groups in total. The highest BCUT2D eigenvalue weighted by Crippen LogP contribution is 2.33. The number of likely N-dealkylation sites (tertiary alicyclic amines) is 1. The fourth-order valence-corrected chi connectivity index (χ4v) is 5.00. The molecular weight excluding hydrogens is 398 g/mol. The Bertz CT molecular complexity index is 1100. The van der Waals surface area contributed by atoms with Crippen LogP contribution in [0.25, 0.3) is 0 Å². The Morgan fingerprint density at radius 3 is 2.83 bits per heavy atom. The maximum absolute atomic E-state index is 13.1. The molecule has 3 aromatic rings. The number of thiazole rings is 1. The first-order valence-corrected chi connectivity index (χ1v) is 11.2. The van der Waals surface area contributed by atoms with E-state index >= 15 is 0 Å². The molecule has 1 unspecified atom stereocenters. The number of hydrogen-bond acceptors (Lipinski definition) is 5. The highest BCUT2D eigenvalue weighted by molar-refractivity contribution is 7.09. The number of nitrogens with zero attached hydrogens (tertiary/aromatic N) is 4. The molecule has 2 aliphatic rings. The van der Waals surface area contributed by atoms with Crippen LogP contribution in [0.1, 0.15) is 62.5 Å². The van der Waals surface area contributed by atoms with Gasteiger partial charge in [0.1, 0.15) is 5.69 Å². The van der Waals surface area contributed by atoms with Crippen molar-refractivity contribution < 1.29 is 9.59 Å². The second-order valence-electron chi connectivity index (χ2n) is 7.81. The number of anilines is 1. The molecule has 0 bridgehead atoms. The highest BCUT2D eigenvalue weighted by atomic mass is 32.1. The van der Waals surface area contributed by atoms with E-state index in [-0.39, 0.29) is 17.9 Å². The van der Waals surface area contributed by atoms with E-state index in [1.807, 2.05) is 41.5 Å². The lowest BCUT2D eigenvalue weighted by atomic mass is 9.98. The average molecular weight is 422 g/mol. The number of fused-ring (bicyclic) bond motifs is 1. The number of H-pyrrole nitrogens is 1. The summed E-state index contributed by atoms with van der Waals surface area (Å²) < 4.78 is 0. The van der Waals surface area contributed by atoms with Gasteiger partial charge < -0.3 is 9.80 Å². The zero-order valence-corrected chi connectivity index (χ0v) is 17.6. The van der Waals surface area contributed by atoms with Crippen LogP contribution < -0.4 is 4.90 Å². The molecule has 0 saturated carbocycles. The van der Waals surface area contributed by atoms with Crippen molar-refractivity contribution in [3.8, 4) is 0 Å². The standard InChI is InChI=1S/C22H23N5O2S/c1-14-23-18(13-30-14)22(29)26-10-5-4-8-20(26)16-12-17(25-24-16)21(28)27-11-9-15-6-2-3-7-19(15)27/h2-3,6-7,12-13,20H,4-5,8-11H2,1H3,(H,24,25). The van der Waals surface area contributed by atoms with E-state index in [1.54, 1.807) is 4.90 Å². The number of aromatic nitrogens is 3. The van der Waals surface area contributed by atoms with Gasteiger partial charge in [-0.2, -0.15) is 5.10 Å². The lowest BCUT2D eigenvalue weighted by Gasteiger charge is -2.34.